The number of carbonyl (C=O) groups excluding carboxylic acids is 1. The molecule has 0 aliphatic rings. The summed E-state index contributed by atoms with van der Waals surface area (Å²) < 4.78 is 1.27. The van der Waals surface area contributed by atoms with Crippen molar-refractivity contribution in [1.82, 2.24) is 9.55 Å². The Bertz CT molecular complexity index is 1030. The van der Waals surface area contributed by atoms with Gasteiger partial charge in [0.2, 0.25) is 0 Å². The van der Waals surface area contributed by atoms with Crippen molar-refractivity contribution in [3.63, 3.8) is 0 Å². The highest BCUT2D eigenvalue weighted by Gasteiger charge is 2.33. The Morgan fingerprint density at radius 2 is 1.86 bits per heavy atom. The van der Waals surface area contributed by atoms with E-state index in [4.69, 9.17) is 5.11 Å². The van der Waals surface area contributed by atoms with E-state index in [9.17, 15) is 9.59 Å². The molecule has 1 N–H and O–H groups in total. The van der Waals surface area contributed by atoms with Gasteiger partial charge in [-0.25, -0.2) is 4.98 Å². The summed E-state index contributed by atoms with van der Waals surface area (Å²) in [6, 6.07) is 14.3. The molecular formula is C22H24N2O3S. The lowest BCUT2D eigenvalue weighted by molar-refractivity contribution is -0.143. The molecule has 0 fully saturated rings. The van der Waals surface area contributed by atoms with Crippen LogP contribution in [0.15, 0.2) is 53.8 Å². The van der Waals surface area contributed by atoms with Gasteiger partial charge in [-0.1, -0.05) is 55.1 Å². The first-order valence-corrected chi connectivity index (χ1v) is 10.00. The number of thioether (sulfide) groups is 1. The van der Waals surface area contributed by atoms with Gasteiger partial charge in [-0.2, -0.15) is 0 Å². The summed E-state index contributed by atoms with van der Waals surface area (Å²) in [6.07, 6.45) is 1.80. The maximum atomic E-state index is 12.7. The molecule has 0 aliphatic heterocycles. The molecule has 0 saturated carbocycles. The first-order chi connectivity index (χ1) is 13.2. The average Bonchev–Trinajstić information content (AvgIpc) is 3.00. The molecule has 5 nitrogen and oxygen atoms in total. The fourth-order valence-corrected chi connectivity index (χ4v) is 4.17. The first kappa shape index (κ1) is 20.1. The number of aryl methyl sites for hydroxylation is 1. The van der Waals surface area contributed by atoms with Gasteiger partial charge in [-0.3, -0.25) is 14.2 Å². The lowest BCUT2D eigenvalue weighted by atomic mass is 9.97. The molecule has 3 rings (SSSR count). The van der Waals surface area contributed by atoms with Crippen LogP contribution in [-0.4, -0.2) is 31.2 Å². The van der Waals surface area contributed by atoms with Crippen molar-refractivity contribution in [3.8, 4) is 5.69 Å². The van der Waals surface area contributed by atoms with Crippen LogP contribution in [-0.2, 0) is 9.59 Å². The van der Waals surface area contributed by atoms with Crippen LogP contribution < -0.4 is 0 Å². The summed E-state index contributed by atoms with van der Waals surface area (Å²) in [4.78, 5) is 28.4. The molecule has 1 heterocycles. The number of carbonyl (C=O) groups is 2. The van der Waals surface area contributed by atoms with Crippen LogP contribution in [0.2, 0.25) is 0 Å². The van der Waals surface area contributed by atoms with Crippen LogP contribution >= 0.6 is 11.8 Å². The number of carboxylic acids is 1. The van der Waals surface area contributed by atoms with Crippen molar-refractivity contribution in [1.29, 1.82) is 0 Å². The molecule has 1 atom stereocenters. The number of rotatable bonds is 7. The Morgan fingerprint density at radius 1 is 1.18 bits per heavy atom. The minimum atomic E-state index is -0.956. The van der Waals surface area contributed by atoms with Gasteiger partial charge in [0.25, 0.3) is 0 Å². The number of ketones is 1. The third-order valence-corrected chi connectivity index (χ3v) is 6.05. The van der Waals surface area contributed by atoms with E-state index < -0.39 is 16.6 Å². The number of carboxylic acid groups (broad SMARTS) is 1. The first-order valence-electron chi connectivity index (χ1n) is 9.18. The van der Waals surface area contributed by atoms with E-state index in [1.807, 2.05) is 45.0 Å². The molecule has 2 aromatic carbocycles. The second kappa shape index (κ2) is 7.80. The van der Waals surface area contributed by atoms with Crippen molar-refractivity contribution >= 4 is 34.3 Å². The van der Waals surface area contributed by atoms with E-state index in [0.29, 0.717) is 0 Å². The molecule has 3 aromatic rings. The Kier molecular flexibility index (Phi) is 5.61. The predicted octanol–water partition coefficient (Wildman–Crippen LogP) is 4.88. The quantitative estimate of drug-likeness (QED) is 0.576. The van der Waals surface area contributed by atoms with E-state index in [0.717, 1.165) is 27.3 Å². The second-order valence-electron chi connectivity index (χ2n) is 7.49. The number of benzene rings is 2. The molecule has 0 radical (unpaired) electrons. The van der Waals surface area contributed by atoms with Gasteiger partial charge in [-0.15, -0.1) is 0 Å². The Balaban J connectivity index is 1.97. The summed E-state index contributed by atoms with van der Waals surface area (Å²) in [6.45, 7) is 7.19. The van der Waals surface area contributed by atoms with Crippen LogP contribution in [0.1, 0.15) is 32.9 Å². The summed E-state index contributed by atoms with van der Waals surface area (Å²) in [5.74, 6) is -1.76. The van der Waals surface area contributed by atoms with Gasteiger partial charge in [0.05, 0.1) is 16.4 Å². The lowest BCUT2D eigenvalue weighted by Gasteiger charge is -2.24. The fourth-order valence-electron chi connectivity index (χ4n) is 3.08. The Labute approximate surface area is 168 Å². The number of Topliss-reactive ketones (excluding diaryl/α,β-unsaturated/α-hetero) is 1. The van der Waals surface area contributed by atoms with E-state index >= 15 is 0 Å². The third kappa shape index (κ3) is 3.97. The predicted molar refractivity (Wildman–Crippen MR) is 112 cm³/mol. The number of aliphatic carboxylic acids is 1. The monoisotopic (exact) mass is 396 g/mol. The van der Waals surface area contributed by atoms with Crippen molar-refractivity contribution in [2.75, 3.05) is 0 Å². The van der Waals surface area contributed by atoms with Crippen molar-refractivity contribution in [2.45, 2.75) is 44.0 Å². The van der Waals surface area contributed by atoms with Crippen molar-refractivity contribution in [2.24, 2.45) is 5.92 Å². The molecule has 0 saturated heterocycles. The average molecular weight is 397 g/mol. The highest BCUT2D eigenvalue weighted by Crippen LogP contribution is 2.37. The van der Waals surface area contributed by atoms with Gasteiger partial charge < -0.3 is 5.11 Å². The van der Waals surface area contributed by atoms with Crippen LogP contribution in [0.25, 0.3) is 16.5 Å². The van der Waals surface area contributed by atoms with Crippen molar-refractivity contribution in [3.05, 3.63) is 54.4 Å². The normalized spacial score (nSPS) is 12.9. The molecule has 0 bridgehead atoms. The zero-order valence-electron chi connectivity index (χ0n) is 16.5. The smallest absolute Gasteiger partial charge is 0.306 e. The van der Waals surface area contributed by atoms with Gasteiger partial charge in [-0.05, 0) is 32.2 Å². The number of hydrogen-bond acceptors (Lipinski definition) is 4. The summed E-state index contributed by atoms with van der Waals surface area (Å²) in [5.41, 5.74) is 1.98. The van der Waals surface area contributed by atoms with Crippen LogP contribution in [0.5, 0.6) is 0 Å². The van der Waals surface area contributed by atoms with Gasteiger partial charge in [0, 0.05) is 23.7 Å². The van der Waals surface area contributed by atoms with E-state index in [-0.39, 0.29) is 12.2 Å². The molecule has 6 heteroatoms. The molecule has 0 spiro atoms. The summed E-state index contributed by atoms with van der Waals surface area (Å²) >= 11 is 1.37. The van der Waals surface area contributed by atoms with Gasteiger partial charge in [0.15, 0.2) is 5.16 Å². The van der Waals surface area contributed by atoms with E-state index in [1.54, 1.807) is 13.1 Å². The number of aromatic nitrogens is 2. The summed E-state index contributed by atoms with van der Waals surface area (Å²) in [7, 11) is 0. The lowest BCUT2D eigenvalue weighted by Crippen LogP contribution is -2.31. The fraction of sp³-hybridized carbons (Fsp3) is 0.318. The molecule has 0 amide bonds. The minimum Gasteiger partial charge on any atom is -0.481 e. The Morgan fingerprint density at radius 3 is 2.57 bits per heavy atom. The highest BCUT2D eigenvalue weighted by atomic mass is 32.2. The molecule has 0 aliphatic carbocycles. The van der Waals surface area contributed by atoms with Gasteiger partial charge >= 0.3 is 5.97 Å². The maximum absolute atomic E-state index is 12.7. The zero-order chi connectivity index (χ0) is 20.5. The Hall–Kier alpha value is -2.60. The third-order valence-electron chi connectivity index (χ3n) is 4.84. The standard InChI is InChI=1S/C22H24N2O3S/c1-14(20(26)27)12-19(25)22(3,4)28-21-23-13-15(2)24(21)18-11-7-9-16-8-5-6-10-17(16)18/h5-11,13-14H,12H2,1-4H3,(H,26,27). The maximum Gasteiger partial charge on any atom is 0.306 e. The molecule has 146 valence electrons. The van der Waals surface area contributed by atoms with E-state index in [2.05, 4.69) is 27.8 Å². The van der Waals surface area contributed by atoms with Gasteiger partial charge in [0.1, 0.15) is 5.78 Å². The molecular weight excluding hydrogens is 372 g/mol. The zero-order valence-corrected chi connectivity index (χ0v) is 17.3. The number of fused-ring (bicyclic) bond motifs is 1. The SMILES string of the molecule is Cc1cnc(SC(C)(C)C(=O)CC(C)C(=O)O)n1-c1cccc2ccccc12. The molecule has 1 aromatic heterocycles. The molecule has 28 heavy (non-hydrogen) atoms. The summed E-state index contributed by atoms with van der Waals surface area (Å²) in [5, 5.41) is 12.1. The topological polar surface area (TPSA) is 72.2 Å². The van der Waals surface area contributed by atoms with Crippen LogP contribution in [0.4, 0.5) is 0 Å². The number of imidazole rings is 1. The minimum absolute atomic E-state index is 0.00327. The van der Waals surface area contributed by atoms with E-state index in [1.165, 1.54) is 11.8 Å². The highest BCUT2D eigenvalue weighted by molar-refractivity contribution is 8.01. The van der Waals surface area contributed by atoms with Crippen molar-refractivity contribution < 1.29 is 14.7 Å². The largest absolute Gasteiger partial charge is 0.481 e. The number of nitrogens with zero attached hydrogens (tertiary/aromatic N) is 2. The number of hydrogen-bond donors (Lipinski definition) is 1. The van der Waals surface area contributed by atoms with Crippen LogP contribution in [0, 0.1) is 12.8 Å². The molecule has 1 unspecified atom stereocenters. The van der Waals surface area contributed by atoms with Crippen LogP contribution in [0.3, 0.4) is 0 Å². The second-order valence-corrected chi connectivity index (χ2v) is 9.08.